The molecular weight excluding hydrogens is 214 g/mol. The predicted molar refractivity (Wildman–Crippen MR) is 67.4 cm³/mol. The van der Waals surface area contributed by atoms with E-state index in [2.05, 4.69) is 24.0 Å². The van der Waals surface area contributed by atoms with Crippen LogP contribution in [0.3, 0.4) is 0 Å². The van der Waals surface area contributed by atoms with Crippen molar-refractivity contribution in [3.63, 3.8) is 0 Å². The first-order chi connectivity index (χ1) is 8.20. The molecule has 0 aliphatic rings. The molecule has 2 aromatic rings. The second kappa shape index (κ2) is 4.87. The molecule has 0 aliphatic heterocycles. The first kappa shape index (κ1) is 11.5. The molecule has 0 spiro atoms. The Labute approximate surface area is 101 Å². The zero-order valence-electron chi connectivity index (χ0n) is 10.0. The fourth-order valence-corrected chi connectivity index (χ4v) is 1.85. The summed E-state index contributed by atoms with van der Waals surface area (Å²) < 4.78 is 5.36. The summed E-state index contributed by atoms with van der Waals surface area (Å²) in [5, 5.41) is 0. The van der Waals surface area contributed by atoms with Gasteiger partial charge in [-0.15, -0.1) is 0 Å². The lowest BCUT2D eigenvalue weighted by Gasteiger charge is -2.19. The van der Waals surface area contributed by atoms with Gasteiger partial charge < -0.3 is 9.32 Å². The van der Waals surface area contributed by atoms with Gasteiger partial charge in [-0.25, -0.2) is 0 Å². The molecule has 0 aliphatic carbocycles. The van der Waals surface area contributed by atoms with Gasteiger partial charge in [0.15, 0.2) is 12.0 Å². The molecule has 1 aromatic heterocycles. The second-order valence-electron chi connectivity index (χ2n) is 4.06. The summed E-state index contributed by atoms with van der Waals surface area (Å²) in [6, 6.07) is 11.7. The van der Waals surface area contributed by atoms with Crippen LogP contribution in [0.4, 0.5) is 5.69 Å². The number of hydrogen-bond acceptors (Lipinski definition) is 3. The van der Waals surface area contributed by atoms with Crippen molar-refractivity contribution in [2.45, 2.75) is 13.5 Å². The van der Waals surface area contributed by atoms with Crippen LogP contribution in [0.25, 0.3) is 0 Å². The Kier molecular flexibility index (Phi) is 3.28. The van der Waals surface area contributed by atoms with Crippen molar-refractivity contribution < 1.29 is 9.21 Å². The quantitative estimate of drug-likeness (QED) is 0.755. The summed E-state index contributed by atoms with van der Waals surface area (Å²) in [7, 11) is 2.01. The predicted octanol–water partition coefficient (Wildman–Crippen LogP) is 3.04. The third kappa shape index (κ3) is 2.56. The van der Waals surface area contributed by atoms with Gasteiger partial charge in [0, 0.05) is 12.7 Å². The van der Waals surface area contributed by atoms with E-state index >= 15 is 0 Å². The molecule has 0 unspecified atom stereocenters. The van der Waals surface area contributed by atoms with Gasteiger partial charge in [-0.3, -0.25) is 4.79 Å². The van der Waals surface area contributed by atoms with Crippen LogP contribution in [0, 0.1) is 6.92 Å². The largest absolute Gasteiger partial charge is 0.456 e. The molecule has 0 fully saturated rings. The molecule has 88 valence electrons. The number of aryl methyl sites for hydroxylation is 1. The van der Waals surface area contributed by atoms with Crippen molar-refractivity contribution in [2.75, 3.05) is 11.9 Å². The van der Waals surface area contributed by atoms with E-state index in [1.54, 1.807) is 6.07 Å². The van der Waals surface area contributed by atoms with Crippen molar-refractivity contribution in [2.24, 2.45) is 0 Å². The van der Waals surface area contributed by atoms with Gasteiger partial charge >= 0.3 is 0 Å². The van der Waals surface area contributed by atoms with Crippen molar-refractivity contribution in [3.05, 3.63) is 53.5 Å². The Hall–Kier alpha value is -2.03. The van der Waals surface area contributed by atoms with E-state index in [4.69, 9.17) is 4.42 Å². The molecule has 0 saturated heterocycles. The maximum atomic E-state index is 10.5. The van der Waals surface area contributed by atoms with Gasteiger partial charge in [0.05, 0.1) is 6.54 Å². The molecule has 2 rings (SSSR count). The molecule has 0 radical (unpaired) electrons. The number of rotatable bonds is 4. The Balaban J connectivity index is 2.14. The fourth-order valence-electron chi connectivity index (χ4n) is 1.85. The third-order valence-corrected chi connectivity index (χ3v) is 2.72. The van der Waals surface area contributed by atoms with Crippen LogP contribution >= 0.6 is 0 Å². The van der Waals surface area contributed by atoms with Crippen LogP contribution in [0.2, 0.25) is 0 Å². The van der Waals surface area contributed by atoms with Crippen LogP contribution in [0.1, 0.15) is 21.9 Å². The van der Waals surface area contributed by atoms with E-state index in [1.807, 2.05) is 25.2 Å². The highest BCUT2D eigenvalue weighted by molar-refractivity contribution is 5.70. The molecule has 0 N–H and O–H groups in total. The first-order valence-electron chi connectivity index (χ1n) is 5.51. The van der Waals surface area contributed by atoms with Crippen LogP contribution in [-0.4, -0.2) is 13.3 Å². The highest BCUT2D eigenvalue weighted by Gasteiger charge is 2.07. The minimum absolute atomic E-state index is 0.373. The molecule has 0 amide bonds. The molecule has 0 bridgehead atoms. The van der Waals surface area contributed by atoms with E-state index in [1.165, 1.54) is 5.56 Å². The van der Waals surface area contributed by atoms with E-state index < -0.39 is 0 Å². The van der Waals surface area contributed by atoms with Gasteiger partial charge in [0.2, 0.25) is 0 Å². The average molecular weight is 229 g/mol. The number of carbonyl (C=O) groups is 1. The molecule has 1 heterocycles. The molecule has 3 nitrogen and oxygen atoms in total. The highest BCUT2D eigenvalue weighted by Crippen LogP contribution is 2.20. The Morgan fingerprint density at radius 1 is 1.24 bits per heavy atom. The molecular formula is C14H15NO2. The maximum Gasteiger partial charge on any atom is 0.185 e. The average Bonchev–Trinajstić information content (AvgIpc) is 2.77. The molecule has 1 aromatic carbocycles. The van der Waals surface area contributed by atoms with Crippen molar-refractivity contribution >= 4 is 12.0 Å². The number of benzene rings is 1. The van der Waals surface area contributed by atoms with Gasteiger partial charge in [0.1, 0.15) is 5.76 Å². The Morgan fingerprint density at radius 3 is 2.65 bits per heavy atom. The summed E-state index contributed by atoms with van der Waals surface area (Å²) in [6.07, 6.45) is 0.720. The van der Waals surface area contributed by atoms with E-state index in [9.17, 15) is 4.79 Å². The normalized spacial score (nSPS) is 10.2. The maximum absolute atomic E-state index is 10.5. The lowest BCUT2D eigenvalue weighted by Crippen LogP contribution is -2.16. The van der Waals surface area contributed by atoms with E-state index in [0.29, 0.717) is 12.3 Å². The molecule has 3 heteroatoms. The van der Waals surface area contributed by atoms with Gasteiger partial charge in [-0.1, -0.05) is 18.2 Å². The number of nitrogens with zero attached hydrogens (tertiary/aromatic N) is 1. The lowest BCUT2D eigenvalue weighted by molar-refractivity contribution is 0.109. The van der Waals surface area contributed by atoms with Crippen LogP contribution in [-0.2, 0) is 6.54 Å². The van der Waals surface area contributed by atoms with Crippen molar-refractivity contribution in [3.8, 4) is 0 Å². The number of hydrogen-bond donors (Lipinski definition) is 0. The summed E-state index contributed by atoms with van der Waals surface area (Å²) in [6.45, 7) is 2.73. The van der Waals surface area contributed by atoms with E-state index in [0.717, 1.165) is 17.7 Å². The Bertz CT molecular complexity index is 516. The van der Waals surface area contributed by atoms with Gasteiger partial charge in [0.25, 0.3) is 0 Å². The fraction of sp³-hybridized carbons (Fsp3) is 0.214. The highest BCUT2D eigenvalue weighted by atomic mass is 16.3. The van der Waals surface area contributed by atoms with Crippen LogP contribution < -0.4 is 4.90 Å². The standard InChI is InChI=1S/C14H15NO2/c1-11-5-3-4-6-14(11)15(2)9-12-7-8-13(10-16)17-12/h3-8,10H,9H2,1-2H3. The van der Waals surface area contributed by atoms with Crippen LogP contribution in [0.5, 0.6) is 0 Å². The number of carbonyl (C=O) groups excluding carboxylic acids is 1. The summed E-state index contributed by atoms with van der Waals surface area (Å²) in [5.74, 6) is 1.16. The summed E-state index contributed by atoms with van der Waals surface area (Å²) >= 11 is 0. The topological polar surface area (TPSA) is 33.5 Å². The smallest absolute Gasteiger partial charge is 0.185 e. The second-order valence-corrected chi connectivity index (χ2v) is 4.06. The molecule has 0 atom stereocenters. The first-order valence-corrected chi connectivity index (χ1v) is 5.51. The molecule has 17 heavy (non-hydrogen) atoms. The van der Waals surface area contributed by atoms with Crippen LogP contribution in [0.15, 0.2) is 40.8 Å². The summed E-state index contributed by atoms with van der Waals surface area (Å²) in [5.41, 5.74) is 2.38. The number of para-hydroxylation sites is 1. The summed E-state index contributed by atoms with van der Waals surface area (Å²) in [4.78, 5) is 12.6. The zero-order valence-corrected chi connectivity index (χ0v) is 10.0. The number of furan rings is 1. The minimum atomic E-state index is 0.373. The molecule has 0 saturated carbocycles. The number of aldehydes is 1. The van der Waals surface area contributed by atoms with Gasteiger partial charge in [-0.05, 0) is 30.7 Å². The number of anilines is 1. The zero-order chi connectivity index (χ0) is 12.3. The van der Waals surface area contributed by atoms with Crippen molar-refractivity contribution in [1.29, 1.82) is 0 Å². The minimum Gasteiger partial charge on any atom is -0.456 e. The van der Waals surface area contributed by atoms with E-state index in [-0.39, 0.29) is 0 Å². The van der Waals surface area contributed by atoms with Gasteiger partial charge in [-0.2, -0.15) is 0 Å². The van der Waals surface area contributed by atoms with Crippen molar-refractivity contribution in [1.82, 2.24) is 0 Å². The Morgan fingerprint density at radius 2 is 2.00 bits per heavy atom. The monoisotopic (exact) mass is 229 g/mol. The lowest BCUT2D eigenvalue weighted by atomic mass is 10.2. The third-order valence-electron chi connectivity index (χ3n) is 2.72. The SMILES string of the molecule is Cc1ccccc1N(C)Cc1ccc(C=O)o1.